The molecule has 1 saturated heterocycles. The maximum absolute atomic E-state index is 4.53. The molecule has 25 heavy (non-hydrogen) atoms. The lowest BCUT2D eigenvalue weighted by atomic mass is 9.99. The van der Waals surface area contributed by atoms with E-state index < -0.39 is 0 Å². The lowest BCUT2D eigenvalue weighted by molar-refractivity contribution is 0.259. The minimum absolute atomic E-state index is 0.611. The molecule has 0 aliphatic carbocycles. The third kappa shape index (κ3) is 3.42. The summed E-state index contributed by atoms with van der Waals surface area (Å²) in [4.78, 5) is 9.51. The number of aromatic nitrogens is 3. The van der Waals surface area contributed by atoms with Crippen molar-refractivity contribution < 1.29 is 0 Å². The zero-order valence-corrected chi connectivity index (χ0v) is 15.4. The van der Waals surface area contributed by atoms with Crippen molar-refractivity contribution in [2.75, 3.05) is 39.8 Å². The number of aliphatic imine (C=N–C) groups is 1. The number of nitrogens with one attached hydrogen (secondary N) is 1. The van der Waals surface area contributed by atoms with Crippen LogP contribution in [0.4, 0.5) is 0 Å². The van der Waals surface area contributed by atoms with Crippen LogP contribution in [0.25, 0.3) is 0 Å². The van der Waals surface area contributed by atoms with Gasteiger partial charge >= 0.3 is 0 Å². The SMILES string of the molecule is CN=C(NCC1CCc2nnc(C)n2C1)N1CCC(N2CC=CC2)C1. The van der Waals surface area contributed by atoms with E-state index in [-0.39, 0.29) is 0 Å². The summed E-state index contributed by atoms with van der Waals surface area (Å²) < 4.78 is 2.27. The van der Waals surface area contributed by atoms with Gasteiger partial charge in [-0.2, -0.15) is 0 Å². The van der Waals surface area contributed by atoms with Crippen LogP contribution in [0.3, 0.4) is 0 Å². The van der Waals surface area contributed by atoms with Gasteiger partial charge in [0.05, 0.1) is 0 Å². The Morgan fingerprint density at radius 2 is 2.08 bits per heavy atom. The average Bonchev–Trinajstić information content (AvgIpc) is 3.37. The molecule has 0 amide bonds. The van der Waals surface area contributed by atoms with Crippen molar-refractivity contribution in [1.82, 2.24) is 29.9 Å². The van der Waals surface area contributed by atoms with Crippen LogP contribution >= 0.6 is 0 Å². The van der Waals surface area contributed by atoms with E-state index in [2.05, 4.69) is 47.0 Å². The summed E-state index contributed by atoms with van der Waals surface area (Å²) >= 11 is 0. The van der Waals surface area contributed by atoms with Gasteiger partial charge in [-0.1, -0.05) is 12.2 Å². The highest BCUT2D eigenvalue weighted by Crippen LogP contribution is 2.20. The van der Waals surface area contributed by atoms with E-state index in [1.807, 2.05) is 14.0 Å². The van der Waals surface area contributed by atoms with Crippen molar-refractivity contribution in [3.63, 3.8) is 0 Å². The van der Waals surface area contributed by atoms with Crippen molar-refractivity contribution in [3.8, 4) is 0 Å². The minimum Gasteiger partial charge on any atom is -0.356 e. The first-order valence-corrected chi connectivity index (χ1v) is 9.48. The normalized spacial score (nSPS) is 27.1. The molecule has 7 nitrogen and oxygen atoms in total. The fourth-order valence-electron chi connectivity index (χ4n) is 4.29. The van der Waals surface area contributed by atoms with Crippen molar-refractivity contribution in [1.29, 1.82) is 0 Å². The van der Waals surface area contributed by atoms with Crippen LogP contribution in [0.5, 0.6) is 0 Å². The number of rotatable bonds is 3. The lowest BCUT2D eigenvalue weighted by Crippen LogP contribution is -2.45. The quantitative estimate of drug-likeness (QED) is 0.497. The summed E-state index contributed by atoms with van der Waals surface area (Å²) in [6, 6.07) is 0.658. The molecule has 1 aromatic heterocycles. The topological polar surface area (TPSA) is 61.6 Å². The molecule has 3 aliphatic rings. The first-order valence-electron chi connectivity index (χ1n) is 9.48. The van der Waals surface area contributed by atoms with Crippen LogP contribution in [-0.2, 0) is 13.0 Å². The number of likely N-dealkylation sites (tertiary alicyclic amines) is 1. The second-order valence-corrected chi connectivity index (χ2v) is 7.42. The lowest BCUT2D eigenvalue weighted by Gasteiger charge is -2.28. The molecule has 0 aromatic carbocycles. The fourth-order valence-corrected chi connectivity index (χ4v) is 4.29. The van der Waals surface area contributed by atoms with Crippen LogP contribution < -0.4 is 5.32 Å². The van der Waals surface area contributed by atoms with Crippen LogP contribution in [0.2, 0.25) is 0 Å². The molecule has 0 bridgehead atoms. The van der Waals surface area contributed by atoms with Gasteiger partial charge in [-0.05, 0) is 25.7 Å². The summed E-state index contributed by atoms with van der Waals surface area (Å²) in [6.45, 7) is 8.42. The Labute approximate surface area is 149 Å². The number of fused-ring (bicyclic) bond motifs is 1. The van der Waals surface area contributed by atoms with Gasteiger partial charge in [-0.3, -0.25) is 9.89 Å². The van der Waals surface area contributed by atoms with E-state index in [1.54, 1.807) is 0 Å². The van der Waals surface area contributed by atoms with Gasteiger partial charge in [0.25, 0.3) is 0 Å². The number of guanidine groups is 1. The highest BCUT2D eigenvalue weighted by Gasteiger charge is 2.30. The van der Waals surface area contributed by atoms with Crippen LogP contribution in [0.1, 0.15) is 24.5 Å². The predicted octanol–water partition coefficient (Wildman–Crippen LogP) is 0.670. The maximum atomic E-state index is 4.53. The predicted molar refractivity (Wildman–Crippen MR) is 98.6 cm³/mol. The molecule has 7 heteroatoms. The zero-order valence-electron chi connectivity index (χ0n) is 15.4. The standard InChI is InChI=1S/C18H29N7/c1-14-21-22-17-6-5-15(12-25(14)17)11-20-18(19-2)24-10-7-16(13-24)23-8-3-4-9-23/h3-4,15-16H,5-13H2,1-2H3,(H,19,20). The third-order valence-corrected chi connectivity index (χ3v) is 5.82. The molecule has 4 rings (SSSR count). The van der Waals surface area contributed by atoms with E-state index in [0.717, 1.165) is 63.3 Å². The van der Waals surface area contributed by atoms with E-state index in [4.69, 9.17) is 0 Å². The molecule has 0 radical (unpaired) electrons. The molecule has 0 spiro atoms. The fraction of sp³-hybridized carbons (Fsp3) is 0.722. The first-order chi connectivity index (χ1) is 12.2. The zero-order chi connectivity index (χ0) is 17.2. The van der Waals surface area contributed by atoms with Gasteiger partial charge in [0, 0.05) is 58.8 Å². The molecular formula is C18H29N7. The summed E-state index contributed by atoms with van der Waals surface area (Å²) in [5, 5.41) is 12.1. The first kappa shape index (κ1) is 16.6. The van der Waals surface area contributed by atoms with Crippen LogP contribution in [0.15, 0.2) is 17.1 Å². The highest BCUT2D eigenvalue weighted by molar-refractivity contribution is 5.80. The van der Waals surface area contributed by atoms with E-state index in [1.165, 1.54) is 12.8 Å². The second kappa shape index (κ2) is 7.15. The van der Waals surface area contributed by atoms with Crippen molar-refractivity contribution >= 4 is 5.96 Å². The number of nitrogens with zero attached hydrogens (tertiary/aromatic N) is 6. The smallest absolute Gasteiger partial charge is 0.193 e. The van der Waals surface area contributed by atoms with Gasteiger partial charge in [0.1, 0.15) is 11.6 Å². The Morgan fingerprint density at radius 1 is 1.24 bits per heavy atom. The number of hydrogen-bond acceptors (Lipinski definition) is 4. The Hall–Kier alpha value is -1.89. The maximum Gasteiger partial charge on any atom is 0.193 e. The molecule has 136 valence electrons. The Balaban J connectivity index is 1.29. The van der Waals surface area contributed by atoms with E-state index >= 15 is 0 Å². The van der Waals surface area contributed by atoms with Gasteiger partial charge in [0.15, 0.2) is 5.96 Å². The molecule has 2 atom stereocenters. The molecule has 1 fully saturated rings. The molecule has 1 aromatic rings. The Bertz CT molecular complexity index is 654. The molecule has 3 aliphatic heterocycles. The van der Waals surface area contributed by atoms with Crippen molar-refractivity contribution in [3.05, 3.63) is 23.8 Å². The van der Waals surface area contributed by atoms with E-state index in [9.17, 15) is 0 Å². The average molecular weight is 343 g/mol. The number of aryl methyl sites for hydroxylation is 2. The minimum atomic E-state index is 0.611. The second-order valence-electron chi connectivity index (χ2n) is 7.42. The van der Waals surface area contributed by atoms with Crippen LogP contribution in [0, 0.1) is 12.8 Å². The van der Waals surface area contributed by atoms with Gasteiger partial charge < -0.3 is 14.8 Å². The molecular weight excluding hydrogens is 314 g/mol. The molecule has 2 unspecified atom stereocenters. The molecule has 1 N–H and O–H groups in total. The largest absolute Gasteiger partial charge is 0.356 e. The molecule has 4 heterocycles. The van der Waals surface area contributed by atoms with Crippen LogP contribution in [-0.4, -0.2) is 76.3 Å². The summed E-state index contributed by atoms with van der Waals surface area (Å²) in [6.07, 6.45) is 7.98. The Kier molecular flexibility index (Phi) is 4.74. The summed E-state index contributed by atoms with van der Waals surface area (Å²) in [5.41, 5.74) is 0. The van der Waals surface area contributed by atoms with Gasteiger partial charge in [0.2, 0.25) is 0 Å². The van der Waals surface area contributed by atoms with Gasteiger partial charge in [-0.15, -0.1) is 10.2 Å². The monoisotopic (exact) mass is 343 g/mol. The number of hydrogen-bond donors (Lipinski definition) is 1. The third-order valence-electron chi connectivity index (χ3n) is 5.82. The van der Waals surface area contributed by atoms with E-state index in [0.29, 0.717) is 12.0 Å². The summed E-state index contributed by atoms with van der Waals surface area (Å²) in [5.74, 6) is 3.84. The Morgan fingerprint density at radius 3 is 2.88 bits per heavy atom. The highest BCUT2D eigenvalue weighted by atomic mass is 15.3. The van der Waals surface area contributed by atoms with Gasteiger partial charge in [-0.25, -0.2) is 0 Å². The summed E-state index contributed by atoms with van der Waals surface area (Å²) in [7, 11) is 1.90. The van der Waals surface area contributed by atoms with Crippen molar-refractivity contribution in [2.45, 2.75) is 38.8 Å². The molecule has 0 saturated carbocycles. The van der Waals surface area contributed by atoms with Crippen molar-refractivity contribution in [2.24, 2.45) is 10.9 Å².